The number of aromatic amines is 1. The Kier molecular flexibility index (Phi) is 4.54. The molecule has 0 aliphatic rings. The van der Waals surface area contributed by atoms with E-state index in [0.717, 1.165) is 11.3 Å². The lowest BCUT2D eigenvalue weighted by molar-refractivity contribution is 0.974. The number of H-pyrrole nitrogens is 1. The summed E-state index contributed by atoms with van der Waals surface area (Å²) in [4.78, 5) is 4.19. The third kappa shape index (κ3) is 3.67. The number of fused-ring (bicyclic) bond motifs is 1. The Labute approximate surface area is 137 Å². The van der Waals surface area contributed by atoms with Gasteiger partial charge in [0.1, 0.15) is 0 Å². The SMILES string of the molecule is C/C(=N\Nc1nc(SCC#N)n[nH]1)c1ccc2ccccc2c1. The minimum atomic E-state index is 0.316. The lowest BCUT2D eigenvalue weighted by Crippen LogP contribution is -2.00. The number of nitrogens with one attached hydrogen (secondary N) is 2. The molecule has 0 fully saturated rings. The maximum absolute atomic E-state index is 8.54. The third-order valence-electron chi connectivity index (χ3n) is 3.23. The van der Waals surface area contributed by atoms with E-state index in [1.54, 1.807) is 0 Å². The first-order valence-corrected chi connectivity index (χ1v) is 7.96. The van der Waals surface area contributed by atoms with Gasteiger partial charge in [-0.25, -0.2) is 10.5 Å². The molecule has 7 heteroatoms. The number of nitrogens with zero attached hydrogens (tertiary/aromatic N) is 4. The van der Waals surface area contributed by atoms with Crippen molar-refractivity contribution in [3.63, 3.8) is 0 Å². The maximum atomic E-state index is 8.54. The molecule has 0 bridgehead atoms. The summed E-state index contributed by atoms with van der Waals surface area (Å²) in [5, 5.41) is 22.5. The van der Waals surface area contributed by atoms with E-state index in [-0.39, 0.29) is 0 Å². The summed E-state index contributed by atoms with van der Waals surface area (Å²) in [5.41, 5.74) is 4.73. The van der Waals surface area contributed by atoms with Crippen LogP contribution in [-0.2, 0) is 0 Å². The first-order valence-electron chi connectivity index (χ1n) is 6.98. The summed E-state index contributed by atoms with van der Waals surface area (Å²) < 4.78 is 0. The molecule has 0 spiro atoms. The summed E-state index contributed by atoms with van der Waals surface area (Å²) in [6, 6.07) is 16.5. The molecule has 1 aromatic heterocycles. The Bertz CT molecular complexity index is 893. The fourth-order valence-electron chi connectivity index (χ4n) is 2.07. The van der Waals surface area contributed by atoms with Gasteiger partial charge in [-0.2, -0.15) is 15.3 Å². The Hall–Kier alpha value is -2.85. The van der Waals surface area contributed by atoms with Crippen LogP contribution in [0.2, 0.25) is 0 Å². The maximum Gasteiger partial charge on any atom is 0.240 e. The minimum absolute atomic E-state index is 0.316. The van der Waals surface area contributed by atoms with Crippen LogP contribution < -0.4 is 5.43 Å². The zero-order chi connectivity index (χ0) is 16.1. The normalized spacial score (nSPS) is 11.4. The van der Waals surface area contributed by atoms with Gasteiger partial charge in [-0.1, -0.05) is 48.2 Å². The summed E-state index contributed by atoms with van der Waals surface area (Å²) in [6.45, 7) is 1.93. The van der Waals surface area contributed by atoms with Gasteiger partial charge >= 0.3 is 0 Å². The fourth-order valence-corrected chi connectivity index (χ4v) is 2.53. The van der Waals surface area contributed by atoms with Crippen LogP contribution in [0.5, 0.6) is 0 Å². The largest absolute Gasteiger partial charge is 0.245 e. The number of aromatic nitrogens is 3. The molecule has 1 heterocycles. The molecule has 0 unspecified atom stereocenters. The van der Waals surface area contributed by atoms with Crippen LogP contribution in [0, 0.1) is 11.3 Å². The molecule has 6 nitrogen and oxygen atoms in total. The zero-order valence-electron chi connectivity index (χ0n) is 12.4. The van der Waals surface area contributed by atoms with Gasteiger partial charge in [0, 0.05) is 0 Å². The van der Waals surface area contributed by atoms with Crippen molar-refractivity contribution in [3.8, 4) is 6.07 Å². The molecule has 0 radical (unpaired) electrons. The van der Waals surface area contributed by atoms with Crippen molar-refractivity contribution >= 4 is 34.2 Å². The first-order chi connectivity index (χ1) is 11.3. The van der Waals surface area contributed by atoms with E-state index in [2.05, 4.69) is 50.0 Å². The third-order valence-corrected chi connectivity index (χ3v) is 3.94. The highest BCUT2D eigenvalue weighted by molar-refractivity contribution is 7.99. The summed E-state index contributed by atoms with van der Waals surface area (Å²) in [7, 11) is 0. The Morgan fingerprint density at radius 3 is 2.96 bits per heavy atom. The van der Waals surface area contributed by atoms with Gasteiger partial charge in [-0.05, 0) is 29.3 Å². The average Bonchev–Trinajstić information content (AvgIpc) is 3.05. The molecule has 3 aromatic rings. The van der Waals surface area contributed by atoms with Crippen molar-refractivity contribution in [3.05, 3.63) is 48.0 Å². The number of hydrazone groups is 1. The number of hydrogen-bond donors (Lipinski definition) is 2. The minimum Gasteiger partial charge on any atom is -0.245 e. The predicted molar refractivity (Wildman–Crippen MR) is 92.5 cm³/mol. The van der Waals surface area contributed by atoms with Crippen LogP contribution in [-0.4, -0.2) is 26.6 Å². The van der Waals surface area contributed by atoms with Gasteiger partial charge in [0.15, 0.2) is 0 Å². The Morgan fingerprint density at radius 1 is 1.30 bits per heavy atom. The lowest BCUT2D eigenvalue weighted by Gasteiger charge is -2.03. The summed E-state index contributed by atoms with van der Waals surface area (Å²) >= 11 is 1.27. The standard InChI is InChI=1S/C16H14N6S/c1-11(13-7-6-12-4-2-3-5-14(12)10-13)19-20-15-18-16(22-21-15)23-9-8-17/h2-7,10H,9H2,1H3,(H2,18,20,21,22)/b19-11+. The zero-order valence-corrected chi connectivity index (χ0v) is 13.3. The number of hydrogen-bond acceptors (Lipinski definition) is 6. The number of benzene rings is 2. The van der Waals surface area contributed by atoms with E-state index in [1.165, 1.54) is 22.5 Å². The molecule has 0 atom stereocenters. The van der Waals surface area contributed by atoms with Crippen molar-refractivity contribution in [1.82, 2.24) is 15.2 Å². The molecular formula is C16H14N6S. The van der Waals surface area contributed by atoms with Gasteiger partial charge < -0.3 is 0 Å². The number of nitriles is 1. The topological polar surface area (TPSA) is 89.8 Å². The Morgan fingerprint density at radius 2 is 2.13 bits per heavy atom. The van der Waals surface area contributed by atoms with E-state index >= 15 is 0 Å². The lowest BCUT2D eigenvalue weighted by atomic mass is 10.0. The van der Waals surface area contributed by atoms with Gasteiger partial charge in [0.05, 0.1) is 17.5 Å². The molecule has 0 aliphatic heterocycles. The molecule has 0 aliphatic carbocycles. The predicted octanol–water partition coefficient (Wildman–Crippen LogP) is 3.41. The van der Waals surface area contributed by atoms with E-state index in [4.69, 9.17) is 5.26 Å². The van der Waals surface area contributed by atoms with Gasteiger partial charge in [-0.15, -0.1) is 5.10 Å². The smallest absolute Gasteiger partial charge is 0.240 e. The van der Waals surface area contributed by atoms with E-state index < -0.39 is 0 Å². The van der Waals surface area contributed by atoms with Crippen LogP contribution in [0.1, 0.15) is 12.5 Å². The molecule has 114 valence electrons. The van der Waals surface area contributed by atoms with Crippen LogP contribution in [0.25, 0.3) is 10.8 Å². The Balaban J connectivity index is 1.73. The van der Waals surface area contributed by atoms with E-state index in [1.807, 2.05) is 31.2 Å². The monoisotopic (exact) mass is 322 g/mol. The quantitative estimate of drug-likeness (QED) is 0.427. The van der Waals surface area contributed by atoms with Gasteiger partial charge in [0.2, 0.25) is 11.1 Å². The van der Waals surface area contributed by atoms with Crippen molar-refractivity contribution in [2.45, 2.75) is 12.1 Å². The molecule has 0 saturated heterocycles. The van der Waals surface area contributed by atoms with Crippen molar-refractivity contribution in [1.29, 1.82) is 5.26 Å². The van der Waals surface area contributed by atoms with Crippen LogP contribution >= 0.6 is 11.8 Å². The highest BCUT2D eigenvalue weighted by Gasteiger charge is 2.03. The highest BCUT2D eigenvalue weighted by atomic mass is 32.2. The highest BCUT2D eigenvalue weighted by Crippen LogP contribution is 2.17. The van der Waals surface area contributed by atoms with Crippen LogP contribution in [0.4, 0.5) is 5.95 Å². The summed E-state index contributed by atoms with van der Waals surface area (Å²) in [6.07, 6.45) is 0. The number of thioether (sulfide) groups is 1. The first kappa shape index (κ1) is 15.1. The number of anilines is 1. The van der Waals surface area contributed by atoms with E-state index in [0.29, 0.717) is 16.9 Å². The molecule has 2 aromatic carbocycles. The van der Waals surface area contributed by atoms with Gasteiger partial charge in [0.25, 0.3) is 0 Å². The second-order valence-electron chi connectivity index (χ2n) is 4.78. The average molecular weight is 322 g/mol. The van der Waals surface area contributed by atoms with Crippen LogP contribution in [0.3, 0.4) is 0 Å². The van der Waals surface area contributed by atoms with Crippen LogP contribution in [0.15, 0.2) is 52.7 Å². The van der Waals surface area contributed by atoms with Crippen molar-refractivity contribution in [2.24, 2.45) is 5.10 Å². The fraction of sp³-hybridized carbons (Fsp3) is 0.125. The second kappa shape index (κ2) is 6.94. The van der Waals surface area contributed by atoms with E-state index in [9.17, 15) is 0 Å². The molecule has 2 N–H and O–H groups in total. The molecule has 3 rings (SSSR count). The molecular weight excluding hydrogens is 308 g/mol. The van der Waals surface area contributed by atoms with Crippen molar-refractivity contribution < 1.29 is 0 Å². The molecule has 0 amide bonds. The van der Waals surface area contributed by atoms with Gasteiger partial charge in [-0.3, -0.25) is 0 Å². The van der Waals surface area contributed by atoms with Crippen molar-refractivity contribution in [2.75, 3.05) is 11.2 Å². The number of rotatable bonds is 5. The molecule has 0 saturated carbocycles. The summed E-state index contributed by atoms with van der Waals surface area (Å²) in [5.74, 6) is 0.766. The molecule has 23 heavy (non-hydrogen) atoms. The second-order valence-corrected chi connectivity index (χ2v) is 5.73.